The lowest BCUT2D eigenvalue weighted by Gasteiger charge is -2.04. The minimum Gasteiger partial charge on any atom is -0.481 e. The van der Waals surface area contributed by atoms with Gasteiger partial charge in [-0.05, 0) is 0 Å². The Morgan fingerprint density at radius 2 is 1.82 bits per heavy atom. The van der Waals surface area contributed by atoms with E-state index in [0.717, 1.165) is 6.08 Å². The first-order valence-electron chi connectivity index (χ1n) is 2.78. The Morgan fingerprint density at radius 1 is 1.36 bits per heavy atom. The van der Waals surface area contributed by atoms with E-state index < -0.39 is 17.9 Å². The molecule has 0 radical (unpaired) electrons. The molecule has 0 aliphatic carbocycles. The van der Waals surface area contributed by atoms with Gasteiger partial charge in [-0.3, -0.25) is 4.79 Å². The van der Waals surface area contributed by atoms with Crippen molar-refractivity contribution in [1.82, 2.24) is 0 Å². The summed E-state index contributed by atoms with van der Waals surface area (Å²) in [4.78, 5) is 20.5. The third-order valence-corrected chi connectivity index (χ3v) is 1.15. The molecule has 0 aromatic carbocycles. The van der Waals surface area contributed by atoms with Crippen molar-refractivity contribution in [2.45, 2.75) is 0 Å². The van der Waals surface area contributed by atoms with Gasteiger partial charge in [-0.15, -0.1) is 6.58 Å². The van der Waals surface area contributed by atoms with Crippen LogP contribution in [0.4, 0.5) is 0 Å². The first-order chi connectivity index (χ1) is 5.00. The van der Waals surface area contributed by atoms with Crippen molar-refractivity contribution in [3.05, 3.63) is 24.8 Å². The number of carboxylic acids is 2. The largest absolute Gasteiger partial charge is 0.481 e. The van der Waals surface area contributed by atoms with Crippen LogP contribution in [-0.2, 0) is 9.59 Å². The molecule has 0 aliphatic rings. The van der Waals surface area contributed by atoms with E-state index in [4.69, 9.17) is 10.2 Å². The average Bonchev–Trinajstić information content (AvgIpc) is 1.88. The molecule has 60 valence electrons. The minimum absolute atomic E-state index is 0.382. The molecule has 2 N–H and O–H groups in total. The molecule has 0 aromatic heterocycles. The number of hydrogen-bond donors (Lipinski definition) is 2. The molecule has 0 saturated heterocycles. The van der Waals surface area contributed by atoms with Gasteiger partial charge in [-0.1, -0.05) is 12.7 Å². The van der Waals surface area contributed by atoms with E-state index in [1.807, 2.05) is 0 Å². The predicted octanol–water partition coefficient (Wildman–Crippen LogP) is 0.514. The molecule has 11 heavy (non-hydrogen) atoms. The number of rotatable bonds is 4. The van der Waals surface area contributed by atoms with E-state index in [1.165, 1.54) is 0 Å². The van der Waals surface area contributed by atoms with Gasteiger partial charge >= 0.3 is 11.9 Å². The highest BCUT2D eigenvalue weighted by Gasteiger charge is 2.21. The van der Waals surface area contributed by atoms with Crippen LogP contribution in [0.1, 0.15) is 0 Å². The highest BCUT2D eigenvalue weighted by Crippen LogP contribution is 2.09. The lowest BCUT2D eigenvalue weighted by Crippen LogP contribution is -2.18. The molecule has 0 aliphatic heterocycles. The Labute approximate surface area is 63.5 Å². The van der Waals surface area contributed by atoms with Gasteiger partial charge in [-0.25, -0.2) is 4.79 Å². The van der Waals surface area contributed by atoms with E-state index >= 15 is 0 Å². The summed E-state index contributed by atoms with van der Waals surface area (Å²) in [6.45, 7) is 6.28. The van der Waals surface area contributed by atoms with E-state index in [2.05, 4.69) is 13.2 Å². The van der Waals surface area contributed by atoms with Crippen LogP contribution >= 0.6 is 0 Å². The summed E-state index contributed by atoms with van der Waals surface area (Å²) < 4.78 is 0. The Balaban J connectivity index is 4.52. The van der Waals surface area contributed by atoms with E-state index in [1.54, 1.807) is 0 Å². The molecule has 0 saturated carbocycles. The number of carbonyl (C=O) groups is 2. The van der Waals surface area contributed by atoms with Crippen LogP contribution in [0.25, 0.3) is 0 Å². The fraction of sp³-hybridized carbons (Fsp3) is 0.143. The molecular formula is C7H8O4. The highest BCUT2D eigenvalue weighted by atomic mass is 16.4. The zero-order chi connectivity index (χ0) is 9.02. The predicted molar refractivity (Wildman–Crippen MR) is 38.1 cm³/mol. The monoisotopic (exact) mass is 156 g/mol. The molecule has 0 rings (SSSR count). The van der Waals surface area contributed by atoms with Crippen molar-refractivity contribution in [2.24, 2.45) is 5.92 Å². The van der Waals surface area contributed by atoms with Crippen LogP contribution in [0.15, 0.2) is 24.8 Å². The summed E-state index contributed by atoms with van der Waals surface area (Å²) in [5, 5.41) is 16.7. The molecule has 0 heterocycles. The van der Waals surface area contributed by atoms with Gasteiger partial charge in [0.1, 0.15) is 5.92 Å². The molecule has 4 heteroatoms. The number of carboxylic acid groups (broad SMARTS) is 2. The summed E-state index contributed by atoms with van der Waals surface area (Å²) in [5.41, 5.74) is -0.382. The van der Waals surface area contributed by atoms with Crippen LogP contribution < -0.4 is 0 Å². The van der Waals surface area contributed by atoms with Crippen molar-refractivity contribution in [3.8, 4) is 0 Å². The first-order valence-corrected chi connectivity index (χ1v) is 2.78. The Hall–Kier alpha value is -1.58. The topological polar surface area (TPSA) is 74.6 Å². The van der Waals surface area contributed by atoms with Crippen molar-refractivity contribution in [3.63, 3.8) is 0 Å². The molecule has 0 bridgehead atoms. The van der Waals surface area contributed by atoms with Crippen molar-refractivity contribution < 1.29 is 19.8 Å². The smallest absolute Gasteiger partial charge is 0.332 e. The molecule has 0 spiro atoms. The first kappa shape index (κ1) is 9.42. The minimum atomic E-state index is -1.32. The normalized spacial score (nSPS) is 11.6. The maximum atomic E-state index is 10.3. The molecule has 4 nitrogen and oxygen atoms in total. The van der Waals surface area contributed by atoms with Gasteiger partial charge in [0, 0.05) is 5.57 Å². The van der Waals surface area contributed by atoms with Gasteiger partial charge < -0.3 is 10.2 Å². The van der Waals surface area contributed by atoms with E-state index in [-0.39, 0.29) is 5.57 Å². The second-order valence-corrected chi connectivity index (χ2v) is 1.88. The second-order valence-electron chi connectivity index (χ2n) is 1.88. The number of aliphatic carboxylic acids is 2. The molecule has 0 aromatic rings. The Morgan fingerprint density at radius 3 is 1.91 bits per heavy atom. The summed E-state index contributed by atoms with van der Waals surface area (Å²) >= 11 is 0. The maximum Gasteiger partial charge on any atom is 0.332 e. The summed E-state index contributed by atoms with van der Waals surface area (Å²) in [6, 6.07) is 0. The van der Waals surface area contributed by atoms with Gasteiger partial charge in [0.2, 0.25) is 0 Å². The molecule has 1 unspecified atom stereocenters. The molecule has 0 amide bonds. The standard InChI is InChI=1S/C7H8O4/c1-3-5(7(10)11)4(2)6(8)9/h3,5H,1-2H2,(H,8,9)(H,10,11). The van der Waals surface area contributed by atoms with Crippen LogP contribution in [0.5, 0.6) is 0 Å². The SMILES string of the molecule is C=CC(C(=C)C(=O)O)C(=O)O. The van der Waals surface area contributed by atoms with Crippen molar-refractivity contribution >= 4 is 11.9 Å². The Kier molecular flexibility index (Phi) is 3.04. The zero-order valence-corrected chi connectivity index (χ0v) is 5.78. The zero-order valence-electron chi connectivity index (χ0n) is 5.78. The molecule has 1 atom stereocenters. The van der Waals surface area contributed by atoms with Crippen molar-refractivity contribution in [2.75, 3.05) is 0 Å². The fourth-order valence-electron chi connectivity index (χ4n) is 0.525. The number of hydrogen-bond acceptors (Lipinski definition) is 2. The lowest BCUT2D eigenvalue weighted by molar-refractivity contribution is -0.142. The summed E-state index contributed by atoms with van der Waals surface area (Å²) in [6.07, 6.45) is 1.03. The van der Waals surface area contributed by atoms with Gasteiger partial charge in [-0.2, -0.15) is 0 Å². The maximum absolute atomic E-state index is 10.3. The van der Waals surface area contributed by atoms with Crippen LogP contribution in [-0.4, -0.2) is 22.2 Å². The lowest BCUT2D eigenvalue weighted by atomic mass is 10.0. The van der Waals surface area contributed by atoms with Crippen LogP contribution in [0.3, 0.4) is 0 Å². The summed E-state index contributed by atoms with van der Waals surface area (Å²) in [5.74, 6) is -3.78. The highest BCUT2D eigenvalue weighted by molar-refractivity contribution is 5.94. The van der Waals surface area contributed by atoms with Crippen molar-refractivity contribution in [1.29, 1.82) is 0 Å². The van der Waals surface area contributed by atoms with E-state index in [9.17, 15) is 9.59 Å². The molecular weight excluding hydrogens is 148 g/mol. The van der Waals surface area contributed by atoms with Crippen LogP contribution in [0.2, 0.25) is 0 Å². The fourth-order valence-corrected chi connectivity index (χ4v) is 0.525. The molecule has 0 fully saturated rings. The quantitative estimate of drug-likeness (QED) is 0.459. The van der Waals surface area contributed by atoms with Gasteiger partial charge in [0.15, 0.2) is 0 Å². The summed E-state index contributed by atoms with van der Waals surface area (Å²) in [7, 11) is 0. The third kappa shape index (κ3) is 2.25. The van der Waals surface area contributed by atoms with Gasteiger partial charge in [0.25, 0.3) is 0 Å². The van der Waals surface area contributed by atoms with Gasteiger partial charge in [0.05, 0.1) is 0 Å². The second kappa shape index (κ2) is 3.55. The average molecular weight is 156 g/mol. The third-order valence-electron chi connectivity index (χ3n) is 1.15. The van der Waals surface area contributed by atoms with Crippen LogP contribution in [0, 0.1) is 5.92 Å². The van der Waals surface area contributed by atoms with E-state index in [0.29, 0.717) is 0 Å². The Bertz CT molecular complexity index is 216.